The van der Waals surface area contributed by atoms with E-state index in [2.05, 4.69) is 35.2 Å². The van der Waals surface area contributed by atoms with Gasteiger partial charge < -0.3 is 10.2 Å². The molecule has 0 unspecified atom stereocenters. The molecule has 0 saturated heterocycles. The average molecular weight is 315 g/mol. The molecule has 0 atom stereocenters. The van der Waals surface area contributed by atoms with Crippen molar-refractivity contribution in [3.63, 3.8) is 0 Å². The number of amides is 1. The van der Waals surface area contributed by atoms with Gasteiger partial charge in [0.15, 0.2) is 0 Å². The molecule has 4 heteroatoms. The molecule has 0 aliphatic heterocycles. The fraction of sp³-hybridized carbons (Fsp3) is 0.579. The van der Waals surface area contributed by atoms with E-state index in [1.165, 1.54) is 37.7 Å². The van der Waals surface area contributed by atoms with E-state index >= 15 is 0 Å². The summed E-state index contributed by atoms with van der Waals surface area (Å²) in [6.07, 6.45) is 12.3. The highest BCUT2D eigenvalue weighted by Gasteiger charge is 2.10. The van der Waals surface area contributed by atoms with Crippen LogP contribution in [-0.4, -0.2) is 31.0 Å². The van der Waals surface area contributed by atoms with E-state index in [4.69, 9.17) is 0 Å². The summed E-state index contributed by atoms with van der Waals surface area (Å²) in [7, 11) is 2.06. The summed E-state index contributed by atoms with van der Waals surface area (Å²) in [6, 6.07) is 3.84. The normalized spacial score (nSPS) is 14.3. The van der Waals surface area contributed by atoms with Gasteiger partial charge in [0.1, 0.15) is 5.69 Å². The largest absolute Gasteiger partial charge is 0.374 e. The summed E-state index contributed by atoms with van der Waals surface area (Å²) in [6.45, 7) is 3.87. The third-order valence-electron chi connectivity index (χ3n) is 4.38. The number of hydrogen-bond acceptors (Lipinski definition) is 3. The fourth-order valence-corrected chi connectivity index (χ4v) is 2.86. The highest BCUT2D eigenvalue weighted by Crippen LogP contribution is 2.19. The molecule has 0 saturated carbocycles. The Balaban J connectivity index is 1.85. The summed E-state index contributed by atoms with van der Waals surface area (Å²) in [5, 5.41) is 2.99. The first-order valence-corrected chi connectivity index (χ1v) is 8.84. The van der Waals surface area contributed by atoms with E-state index < -0.39 is 0 Å². The molecule has 1 heterocycles. The predicted octanol–water partition coefficient (Wildman–Crippen LogP) is 3.94. The molecule has 2 rings (SSSR count). The lowest BCUT2D eigenvalue weighted by Gasteiger charge is -2.19. The Hall–Kier alpha value is -1.84. The Kier molecular flexibility index (Phi) is 7.11. The number of nitrogens with zero attached hydrogens (tertiary/aromatic N) is 2. The van der Waals surface area contributed by atoms with Crippen LogP contribution in [0.1, 0.15) is 62.4 Å². The molecule has 1 aromatic rings. The van der Waals surface area contributed by atoms with Gasteiger partial charge in [0, 0.05) is 32.0 Å². The SMILES string of the molecule is CCCCN(C)c1ccnc(C(=O)NCCC2=CCCCC2)c1. The number of nitrogens with one attached hydrogen (secondary N) is 1. The Morgan fingerprint density at radius 3 is 3.00 bits per heavy atom. The maximum absolute atomic E-state index is 12.3. The summed E-state index contributed by atoms with van der Waals surface area (Å²) in [4.78, 5) is 18.7. The minimum atomic E-state index is -0.0767. The highest BCUT2D eigenvalue weighted by molar-refractivity contribution is 5.93. The first-order valence-electron chi connectivity index (χ1n) is 8.84. The molecule has 0 fully saturated rings. The molecule has 0 aromatic carbocycles. The van der Waals surface area contributed by atoms with E-state index in [-0.39, 0.29) is 5.91 Å². The smallest absolute Gasteiger partial charge is 0.269 e. The summed E-state index contributed by atoms with van der Waals surface area (Å²) in [5.74, 6) is -0.0767. The Morgan fingerprint density at radius 2 is 2.26 bits per heavy atom. The summed E-state index contributed by atoms with van der Waals surface area (Å²) >= 11 is 0. The zero-order valence-electron chi connectivity index (χ0n) is 14.5. The van der Waals surface area contributed by atoms with E-state index in [9.17, 15) is 4.79 Å². The van der Waals surface area contributed by atoms with Crippen LogP contribution in [0.15, 0.2) is 30.0 Å². The van der Waals surface area contributed by atoms with Gasteiger partial charge in [-0.25, -0.2) is 0 Å². The van der Waals surface area contributed by atoms with Crippen molar-refractivity contribution in [1.29, 1.82) is 0 Å². The molecular formula is C19H29N3O. The molecular weight excluding hydrogens is 286 g/mol. The lowest BCUT2D eigenvalue weighted by Crippen LogP contribution is -2.26. The van der Waals surface area contributed by atoms with Crippen LogP contribution in [0.3, 0.4) is 0 Å². The van der Waals surface area contributed by atoms with Crippen LogP contribution in [0, 0.1) is 0 Å². The van der Waals surface area contributed by atoms with Gasteiger partial charge in [-0.3, -0.25) is 9.78 Å². The lowest BCUT2D eigenvalue weighted by molar-refractivity contribution is 0.0949. The van der Waals surface area contributed by atoms with Crippen molar-refractivity contribution in [2.45, 2.75) is 51.9 Å². The van der Waals surface area contributed by atoms with E-state index in [0.717, 1.165) is 25.1 Å². The molecule has 1 N–H and O–H groups in total. The predicted molar refractivity (Wildman–Crippen MR) is 95.9 cm³/mol. The maximum Gasteiger partial charge on any atom is 0.269 e. The average Bonchev–Trinajstić information content (AvgIpc) is 2.60. The number of allylic oxidation sites excluding steroid dienone is 1. The van der Waals surface area contributed by atoms with Crippen molar-refractivity contribution in [2.75, 3.05) is 25.0 Å². The fourth-order valence-electron chi connectivity index (χ4n) is 2.86. The number of unbranched alkanes of at least 4 members (excludes halogenated alkanes) is 1. The van der Waals surface area contributed by atoms with Gasteiger partial charge in [-0.15, -0.1) is 0 Å². The molecule has 1 aromatic heterocycles. The zero-order valence-corrected chi connectivity index (χ0v) is 14.5. The van der Waals surface area contributed by atoms with Gasteiger partial charge in [-0.1, -0.05) is 25.0 Å². The molecule has 0 radical (unpaired) electrons. The quantitative estimate of drug-likeness (QED) is 0.739. The second kappa shape index (κ2) is 9.33. The van der Waals surface area contributed by atoms with Crippen LogP contribution in [0.25, 0.3) is 0 Å². The van der Waals surface area contributed by atoms with Gasteiger partial charge in [0.05, 0.1) is 0 Å². The minimum absolute atomic E-state index is 0.0767. The highest BCUT2D eigenvalue weighted by atomic mass is 16.1. The second-order valence-corrected chi connectivity index (χ2v) is 6.29. The van der Waals surface area contributed by atoms with Gasteiger partial charge in [-0.2, -0.15) is 0 Å². The number of anilines is 1. The van der Waals surface area contributed by atoms with Gasteiger partial charge in [-0.05, 0) is 50.7 Å². The molecule has 1 aliphatic rings. The second-order valence-electron chi connectivity index (χ2n) is 6.29. The van der Waals surface area contributed by atoms with E-state index in [0.29, 0.717) is 12.2 Å². The molecule has 0 bridgehead atoms. The first-order chi connectivity index (χ1) is 11.2. The molecule has 0 spiro atoms. The lowest BCUT2D eigenvalue weighted by atomic mass is 9.97. The zero-order chi connectivity index (χ0) is 16.5. The molecule has 23 heavy (non-hydrogen) atoms. The first kappa shape index (κ1) is 17.5. The topological polar surface area (TPSA) is 45.2 Å². The number of rotatable bonds is 8. The van der Waals surface area contributed by atoms with Gasteiger partial charge in [0.2, 0.25) is 0 Å². The van der Waals surface area contributed by atoms with Crippen LogP contribution in [0.4, 0.5) is 5.69 Å². The van der Waals surface area contributed by atoms with Crippen LogP contribution in [0.2, 0.25) is 0 Å². The number of hydrogen-bond donors (Lipinski definition) is 1. The van der Waals surface area contributed by atoms with Gasteiger partial charge in [0.25, 0.3) is 5.91 Å². The third-order valence-corrected chi connectivity index (χ3v) is 4.38. The summed E-state index contributed by atoms with van der Waals surface area (Å²) < 4.78 is 0. The van der Waals surface area contributed by atoms with Crippen molar-refractivity contribution in [3.05, 3.63) is 35.7 Å². The van der Waals surface area contributed by atoms with Crippen LogP contribution in [0.5, 0.6) is 0 Å². The minimum Gasteiger partial charge on any atom is -0.374 e. The number of pyridine rings is 1. The van der Waals surface area contributed by atoms with Crippen LogP contribution < -0.4 is 10.2 Å². The Bertz CT molecular complexity index is 539. The Labute approximate surface area is 140 Å². The van der Waals surface area contributed by atoms with Crippen molar-refractivity contribution in [2.24, 2.45) is 0 Å². The van der Waals surface area contributed by atoms with Crippen molar-refractivity contribution in [3.8, 4) is 0 Å². The van der Waals surface area contributed by atoms with Gasteiger partial charge >= 0.3 is 0 Å². The monoisotopic (exact) mass is 315 g/mol. The number of carbonyl (C=O) groups excluding carboxylic acids is 1. The van der Waals surface area contributed by atoms with Crippen molar-refractivity contribution < 1.29 is 4.79 Å². The standard InChI is InChI=1S/C19H29N3O/c1-3-4-14-22(2)17-11-13-20-18(15-17)19(23)21-12-10-16-8-6-5-7-9-16/h8,11,13,15H,3-7,9-10,12,14H2,1-2H3,(H,21,23). The number of carbonyl (C=O) groups is 1. The molecule has 4 nitrogen and oxygen atoms in total. The van der Waals surface area contributed by atoms with Crippen molar-refractivity contribution in [1.82, 2.24) is 10.3 Å². The third kappa shape index (κ3) is 5.70. The Morgan fingerprint density at radius 1 is 1.39 bits per heavy atom. The molecule has 1 amide bonds. The van der Waals surface area contributed by atoms with Crippen molar-refractivity contribution >= 4 is 11.6 Å². The van der Waals surface area contributed by atoms with Crippen LogP contribution in [-0.2, 0) is 0 Å². The molecule has 1 aliphatic carbocycles. The molecule has 126 valence electrons. The van der Waals surface area contributed by atoms with E-state index in [1.807, 2.05) is 12.1 Å². The van der Waals surface area contributed by atoms with Crippen LogP contribution >= 0.6 is 0 Å². The maximum atomic E-state index is 12.3. The van der Waals surface area contributed by atoms with E-state index in [1.54, 1.807) is 6.20 Å². The summed E-state index contributed by atoms with van der Waals surface area (Å²) in [5.41, 5.74) is 3.04. The number of aromatic nitrogens is 1.